The topological polar surface area (TPSA) is 72.3 Å². The molecule has 3 rings (SSSR count). The van der Waals surface area contributed by atoms with Crippen molar-refractivity contribution < 1.29 is 9.53 Å². The molecule has 134 valence electrons. The summed E-state index contributed by atoms with van der Waals surface area (Å²) in [6.07, 6.45) is 8.34. The van der Waals surface area contributed by atoms with Crippen molar-refractivity contribution in [3.8, 4) is 0 Å². The highest BCUT2D eigenvalue weighted by Gasteiger charge is 2.47. The summed E-state index contributed by atoms with van der Waals surface area (Å²) in [4.78, 5) is 15.6. The smallest absolute Gasteiger partial charge is 0.241 e. The summed E-state index contributed by atoms with van der Waals surface area (Å²) in [6.45, 7) is 5.37. The Morgan fingerprint density at radius 3 is 2.71 bits per heavy atom. The van der Waals surface area contributed by atoms with Gasteiger partial charge in [-0.3, -0.25) is 9.69 Å². The number of methoxy groups -OCH3 is 1. The monoisotopic (exact) mass is 335 g/mol. The fourth-order valence-corrected chi connectivity index (χ4v) is 4.15. The van der Waals surface area contributed by atoms with Gasteiger partial charge in [0.1, 0.15) is 11.9 Å². The van der Waals surface area contributed by atoms with Crippen LogP contribution in [0.4, 0.5) is 0 Å². The molecule has 0 bridgehead atoms. The fourth-order valence-electron chi connectivity index (χ4n) is 4.15. The zero-order chi connectivity index (χ0) is 17.0. The third-order valence-electron chi connectivity index (χ3n) is 5.48. The van der Waals surface area contributed by atoms with Gasteiger partial charge in [0, 0.05) is 13.7 Å². The lowest BCUT2D eigenvalue weighted by molar-refractivity contribution is -0.133. The third-order valence-corrected chi connectivity index (χ3v) is 5.48. The summed E-state index contributed by atoms with van der Waals surface area (Å²) in [5.41, 5.74) is -0.303. The molecule has 1 aromatic rings. The number of carbonyl (C=O) groups excluding carboxylic acids is 1. The Morgan fingerprint density at radius 1 is 1.33 bits per heavy atom. The van der Waals surface area contributed by atoms with Crippen LogP contribution in [0.25, 0.3) is 0 Å². The van der Waals surface area contributed by atoms with Crippen LogP contribution in [0.3, 0.4) is 0 Å². The Morgan fingerprint density at radius 2 is 2.04 bits per heavy atom. The van der Waals surface area contributed by atoms with E-state index in [4.69, 9.17) is 4.74 Å². The Kier molecular flexibility index (Phi) is 5.50. The maximum atomic E-state index is 13.2. The molecule has 1 atom stereocenters. The summed E-state index contributed by atoms with van der Waals surface area (Å²) in [5, 5.41) is 11.4. The highest BCUT2D eigenvalue weighted by Crippen LogP contribution is 2.38. The average Bonchev–Trinajstić information content (AvgIpc) is 3.33. The summed E-state index contributed by atoms with van der Waals surface area (Å²) >= 11 is 0. The summed E-state index contributed by atoms with van der Waals surface area (Å²) in [5.74, 6) is 0.950. The van der Waals surface area contributed by atoms with Gasteiger partial charge in [0.15, 0.2) is 5.82 Å². The van der Waals surface area contributed by atoms with Crippen molar-refractivity contribution in [3.05, 3.63) is 12.2 Å². The van der Waals surface area contributed by atoms with E-state index in [0.29, 0.717) is 13.2 Å². The second-order valence-corrected chi connectivity index (χ2v) is 7.00. The van der Waals surface area contributed by atoms with Crippen LogP contribution in [0.15, 0.2) is 6.33 Å². The lowest BCUT2D eigenvalue weighted by atomic mass is 9.93. The van der Waals surface area contributed by atoms with Crippen molar-refractivity contribution in [1.29, 1.82) is 0 Å². The third kappa shape index (κ3) is 3.32. The molecule has 1 unspecified atom stereocenters. The first kappa shape index (κ1) is 17.4. The van der Waals surface area contributed by atoms with E-state index in [1.165, 1.54) is 12.8 Å². The lowest BCUT2D eigenvalue weighted by Gasteiger charge is -2.38. The Labute approximate surface area is 143 Å². The first-order chi connectivity index (χ1) is 11.7. The maximum Gasteiger partial charge on any atom is 0.241 e. The number of aromatic nitrogens is 3. The van der Waals surface area contributed by atoms with Gasteiger partial charge in [-0.05, 0) is 45.7 Å². The van der Waals surface area contributed by atoms with Gasteiger partial charge in [-0.1, -0.05) is 12.8 Å². The van der Waals surface area contributed by atoms with E-state index in [9.17, 15) is 4.79 Å². The van der Waals surface area contributed by atoms with Crippen LogP contribution in [0.1, 0.15) is 57.3 Å². The number of carbonyl (C=O) groups is 1. The van der Waals surface area contributed by atoms with Gasteiger partial charge in [-0.2, -0.15) is 0 Å². The maximum absolute atomic E-state index is 13.2. The zero-order valence-corrected chi connectivity index (χ0v) is 14.8. The normalized spacial score (nSPS) is 21.9. The van der Waals surface area contributed by atoms with E-state index in [0.717, 1.165) is 44.6 Å². The van der Waals surface area contributed by atoms with Gasteiger partial charge in [0.25, 0.3) is 0 Å². The number of nitrogens with one attached hydrogen (secondary N) is 1. The molecule has 1 aromatic heterocycles. The van der Waals surface area contributed by atoms with Crippen molar-refractivity contribution in [2.24, 2.45) is 0 Å². The molecule has 7 heteroatoms. The molecular weight excluding hydrogens is 306 g/mol. The predicted octanol–water partition coefficient (Wildman–Crippen LogP) is 1.51. The standard InChI is InChI=1S/C17H29N5O2/c1-14(15-20-18-13-21(15)11-12-24-2)19-16(23)17(7-3-4-8-17)22-9-5-6-10-22/h13-14H,3-12H2,1-2H3,(H,19,23). The molecule has 1 amide bonds. The quantitative estimate of drug-likeness (QED) is 0.818. The summed E-state index contributed by atoms with van der Waals surface area (Å²) < 4.78 is 7.08. The van der Waals surface area contributed by atoms with Crippen LogP contribution in [-0.4, -0.2) is 57.9 Å². The molecule has 2 fully saturated rings. The first-order valence-corrected chi connectivity index (χ1v) is 9.10. The number of rotatable bonds is 7. The van der Waals surface area contributed by atoms with Crippen LogP contribution in [0.2, 0.25) is 0 Å². The molecule has 2 heterocycles. The minimum Gasteiger partial charge on any atom is -0.383 e. The first-order valence-electron chi connectivity index (χ1n) is 9.10. The predicted molar refractivity (Wildman–Crippen MR) is 90.5 cm³/mol. The van der Waals surface area contributed by atoms with Crippen LogP contribution in [0.5, 0.6) is 0 Å². The average molecular weight is 335 g/mol. The molecule has 0 radical (unpaired) electrons. The van der Waals surface area contributed by atoms with E-state index < -0.39 is 0 Å². The van der Waals surface area contributed by atoms with Gasteiger partial charge in [-0.25, -0.2) is 0 Å². The minimum absolute atomic E-state index is 0.156. The molecule has 1 saturated carbocycles. The second kappa shape index (κ2) is 7.61. The Hall–Kier alpha value is -1.47. The number of hydrogen-bond donors (Lipinski definition) is 1. The second-order valence-electron chi connectivity index (χ2n) is 7.00. The van der Waals surface area contributed by atoms with Crippen molar-refractivity contribution >= 4 is 5.91 Å². The Balaban J connectivity index is 1.69. The molecule has 1 aliphatic heterocycles. The van der Waals surface area contributed by atoms with E-state index in [1.807, 2.05) is 11.5 Å². The van der Waals surface area contributed by atoms with Gasteiger partial charge in [0.2, 0.25) is 5.91 Å². The number of likely N-dealkylation sites (tertiary alicyclic amines) is 1. The number of ether oxygens (including phenoxy) is 1. The molecule has 0 spiro atoms. The van der Waals surface area contributed by atoms with Crippen LogP contribution >= 0.6 is 0 Å². The molecule has 1 N–H and O–H groups in total. The molecule has 7 nitrogen and oxygen atoms in total. The summed E-state index contributed by atoms with van der Waals surface area (Å²) in [7, 11) is 1.68. The van der Waals surface area contributed by atoms with Crippen molar-refractivity contribution in [2.45, 2.75) is 63.6 Å². The number of nitrogens with zero attached hydrogens (tertiary/aromatic N) is 4. The molecule has 0 aromatic carbocycles. The van der Waals surface area contributed by atoms with Gasteiger partial charge in [0.05, 0.1) is 12.6 Å². The van der Waals surface area contributed by atoms with E-state index >= 15 is 0 Å². The molecular formula is C17H29N5O2. The van der Waals surface area contributed by atoms with Crippen LogP contribution in [-0.2, 0) is 16.1 Å². The van der Waals surface area contributed by atoms with Gasteiger partial charge >= 0.3 is 0 Å². The highest BCUT2D eigenvalue weighted by molar-refractivity contribution is 5.87. The van der Waals surface area contributed by atoms with E-state index in [-0.39, 0.29) is 17.5 Å². The fraction of sp³-hybridized carbons (Fsp3) is 0.824. The minimum atomic E-state index is -0.303. The SMILES string of the molecule is COCCn1cnnc1C(C)NC(=O)C1(N2CCCC2)CCCC1. The highest BCUT2D eigenvalue weighted by atomic mass is 16.5. The zero-order valence-electron chi connectivity index (χ0n) is 14.8. The van der Waals surface area contributed by atoms with Crippen molar-refractivity contribution in [1.82, 2.24) is 25.0 Å². The molecule has 1 saturated heterocycles. The van der Waals surface area contributed by atoms with Crippen molar-refractivity contribution in [2.75, 3.05) is 26.8 Å². The van der Waals surface area contributed by atoms with Gasteiger partial charge in [-0.15, -0.1) is 10.2 Å². The summed E-state index contributed by atoms with van der Waals surface area (Å²) in [6, 6.07) is -0.156. The van der Waals surface area contributed by atoms with E-state index in [1.54, 1.807) is 13.4 Å². The van der Waals surface area contributed by atoms with Crippen LogP contribution < -0.4 is 5.32 Å². The lowest BCUT2D eigenvalue weighted by Crippen LogP contribution is -2.56. The molecule has 1 aliphatic carbocycles. The number of amides is 1. The van der Waals surface area contributed by atoms with Gasteiger partial charge < -0.3 is 14.6 Å². The largest absolute Gasteiger partial charge is 0.383 e. The van der Waals surface area contributed by atoms with Crippen molar-refractivity contribution in [3.63, 3.8) is 0 Å². The number of hydrogen-bond acceptors (Lipinski definition) is 5. The molecule has 24 heavy (non-hydrogen) atoms. The molecule has 2 aliphatic rings. The van der Waals surface area contributed by atoms with Crippen LogP contribution in [0, 0.1) is 0 Å². The van der Waals surface area contributed by atoms with E-state index in [2.05, 4.69) is 20.4 Å². The Bertz CT molecular complexity index is 547.